The standard InChI is InChI=1S/C12H9ClFNOS/c1-7-6-17-11(15-7)5-10(16)8-3-2-4-9(13)12(8)14/h2-4,6H,5H2,1H3. The molecule has 0 saturated heterocycles. The number of Topliss-reactive ketones (excluding diaryl/α,β-unsaturated/α-hetero) is 1. The Bertz CT molecular complexity index is 567. The fourth-order valence-electron chi connectivity index (χ4n) is 1.44. The van der Waals surface area contributed by atoms with E-state index in [1.165, 1.54) is 23.5 Å². The van der Waals surface area contributed by atoms with E-state index < -0.39 is 5.82 Å². The molecule has 0 bridgehead atoms. The van der Waals surface area contributed by atoms with Crippen molar-refractivity contribution in [1.82, 2.24) is 4.98 Å². The lowest BCUT2D eigenvalue weighted by atomic mass is 10.1. The van der Waals surface area contributed by atoms with E-state index in [0.717, 1.165) is 5.69 Å². The Balaban J connectivity index is 2.23. The minimum absolute atomic E-state index is 0.0188. The monoisotopic (exact) mass is 269 g/mol. The zero-order valence-electron chi connectivity index (χ0n) is 9.04. The number of aryl methyl sites for hydroxylation is 1. The number of halogens is 2. The van der Waals surface area contributed by atoms with Gasteiger partial charge in [-0.2, -0.15) is 0 Å². The number of carbonyl (C=O) groups excluding carboxylic acids is 1. The third kappa shape index (κ3) is 2.70. The number of hydrogen-bond donors (Lipinski definition) is 0. The predicted molar refractivity (Wildman–Crippen MR) is 66.3 cm³/mol. The summed E-state index contributed by atoms with van der Waals surface area (Å²) in [5.41, 5.74) is 0.884. The molecule has 0 fully saturated rings. The second kappa shape index (κ2) is 4.94. The lowest BCUT2D eigenvalue weighted by molar-refractivity contribution is 0.0989. The van der Waals surface area contributed by atoms with E-state index in [4.69, 9.17) is 11.6 Å². The Hall–Kier alpha value is -1.26. The van der Waals surface area contributed by atoms with Crippen molar-refractivity contribution in [2.24, 2.45) is 0 Å². The van der Waals surface area contributed by atoms with Gasteiger partial charge < -0.3 is 0 Å². The molecule has 17 heavy (non-hydrogen) atoms. The molecule has 2 aromatic rings. The molecule has 0 aliphatic carbocycles. The topological polar surface area (TPSA) is 30.0 Å². The third-order valence-electron chi connectivity index (χ3n) is 2.23. The van der Waals surface area contributed by atoms with Gasteiger partial charge in [0.05, 0.1) is 17.0 Å². The maximum Gasteiger partial charge on any atom is 0.172 e. The fraction of sp³-hybridized carbons (Fsp3) is 0.167. The second-order valence-corrected chi connectivity index (χ2v) is 4.93. The smallest absolute Gasteiger partial charge is 0.172 e. The molecule has 0 amide bonds. The van der Waals surface area contributed by atoms with Crippen LogP contribution in [0.5, 0.6) is 0 Å². The van der Waals surface area contributed by atoms with Crippen LogP contribution in [-0.4, -0.2) is 10.8 Å². The summed E-state index contributed by atoms with van der Waals surface area (Å²) in [6.45, 7) is 1.85. The maximum atomic E-state index is 13.6. The van der Waals surface area contributed by atoms with Crippen LogP contribution in [0.25, 0.3) is 0 Å². The van der Waals surface area contributed by atoms with Crippen LogP contribution >= 0.6 is 22.9 Å². The van der Waals surface area contributed by atoms with Gasteiger partial charge in [0.25, 0.3) is 0 Å². The van der Waals surface area contributed by atoms with Gasteiger partial charge in [0.1, 0.15) is 5.01 Å². The summed E-state index contributed by atoms with van der Waals surface area (Å²) in [6, 6.07) is 4.41. The summed E-state index contributed by atoms with van der Waals surface area (Å²) < 4.78 is 13.6. The molecule has 0 aliphatic heterocycles. The number of nitrogens with zero attached hydrogens (tertiary/aromatic N) is 1. The molecule has 0 spiro atoms. The molecule has 1 aromatic carbocycles. The molecule has 0 unspecified atom stereocenters. The van der Waals surface area contributed by atoms with Crippen molar-refractivity contribution in [3.63, 3.8) is 0 Å². The summed E-state index contributed by atoms with van der Waals surface area (Å²) in [5.74, 6) is -0.966. The van der Waals surface area contributed by atoms with Crippen LogP contribution in [0.15, 0.2) is 23.6 Å². The Morgan fingerprint density at radius 3 is 2.94 bits per heavy atom. The first kappa shape index (κ1) is 12.2. The number of carbonyl (C=O) groups is 1. The maximum absolute atomic E-state index is 13.6. The van der Waals surface area contributed by atoms with Crippen molar-refractivity contribution in [1.29, 1.82) is 0 Å². The molecule has 1 heterocycles. The Morgan fingerprint density at radius 2 is 2.29 bits per heavy atom. The molecule has 0 N–H and O–H groups in total. The van der Waals surface area contributed by atoms with Crippen LogP contribution in [0.4, 0.5) is 4.39 Å². The largest absolute Gasteiger partial charge is 0.294 e. The minimum Gasteiger partial charge on any atom is -0.294 e. The van der Waals surface area contributed by atoms with E-state index >= 15 is 0 Å². The van der Waals surface area contributed by atoms with Gasteiger partial charge in [0.2, 0.25) is 0 Å². The van der Waals surface area contributed by atoms with Crippen LogP contribution < -0.4 is 0 Å². The Morgan fingerprint density at radius 1 is 1.53 bits per heavy atom. The number of hydrogen-bond acceptors (Lipinski definition) is 3. The minimum atomic E-state index is -0.660. The van der Waals surface area contributed by atoms with Gasteiger partial charge >= 0.3 is 0 Å². The Kier molecular flexibility index (Phi) is 3.54. The number of ketones is 1. The first-order valence-corrected chi connectivity index (χ1v) is 6.22. The van der Waals surface area contributed by atoms with Crippen molar-refractivity contribution in [3.8, 4) is 0 Å². The van der Waals surface area contributed by atoms with E-state index in [0.29, 0.717) is 5.01 Å². The fourth-order valence-corrected chi connectivity index (χ4v) is 2.38. The normalized spacial score (nSPS) is 10.5. The first-order chi connectivity index (χ1) is 8.08. The lowest BCUT2D eigenvalue weighted by Gasteiger charge is -2.02. The van der Waals surface area contributed by atoms with Gasteiger partial charge in [-0.15, -0.1) is 11.3 Å². The van der Waals surface area contributed by atoms with Crippen molar-refractivity contribution >= 4 is 28.7 Å². The van der Waals surface area contributed by atoms with Crippen molar-refractivity contribution in [2.45, 2.75) is 13.3 Å². The van der Waals surface area contributed by atoms with Crippen LogP contribution in [0, 0.1) is 12.7 Å². The lowest BCUT2D eigenvalue weighted by Crippen LogP contribution is -2.06. The van der Waals surface area contributed by atoms with Crippen LogP contribution in [0.3, 0.4) is 0 Å². The highest BCUT2D eigenvalue weighted by Crippen LogP contribution is 2.20. The second-order valence-electron chi connectivity index (χ2n) is 3.58. The molecule has 2 nitrogen and oxygen atoms in total. The molecule has 0 atom stereocenters. The predicted octanol–water partition coefficient (Wildman–Crippen LogP) is 3.67. The van der Waals surface area contributed by atoms with Crippen molar-refractivity contribution in [3.05, 3.63) is 50.7 Å². The van der Waals surface area contributed by atoms with E-state index in [1.807, 2.05) is 12.3 Å². The van der Waals surface area contributed by atoms with Gasteiger partial charge in [-0.1, -0.05) is 17.7 Å². The number of benzene rings is 1. The van der Waals surface area contributed by atoms with E-state index in [-0.39, 0.29) is 22.8 Å². The highest BCUT2D eigenvalue weighted by atomic mass is 35.5. The van der Waals surface area contributed by atoms with Gasteiger partial charge in [-0.05, 0) is 19.1 Å². The van der Waals surface area contributed by atoms with E-state index in [1.54, 1.807) is 6.07 Å². The van der Waals surface area contributed by atoms with Crippen molar-refractivity contribution < 1.29 is 9.18 Å². The molecule has 0 saturated carbocycles. The van der Waals surface area contributed by atoms with Gasteiger partial charge in [0.15, 0.2) is 11.6 Å². The number of aromatic nitrogens is 1. The summed E-state index contributed by atoms with van der Waals surface area (Å²) in [5, 5.41) is 2.51. The summed E-state index contributed by atoms with van der Waals surface area (Å²) in [4.78, 5) is 16.0. The van der Waals surface area contributed by atoms with E-state index in [9.17, 15) is 9.18 Å². The average molecular weight is 270 g/mol. The highest BCUT2D eigenvalue weighted by molar-refractivity contribution is 7.09. The zero-order valence-corrected chi connectivity index (χ0v) is 10.6. The number of rotatable bonds is 3. The van der Waals surface area contributed by atoms with Gasteiger partial charge in [-0.3, -0.25) is 4.79 Å². The molecular weight excluding hydrogens is 261 g/mol. The quantitative estimate of drug-likeness (QED) is 0.796. The first-order valence-electron chi connectivity index (χ1n) is 4.96. The molecule has 88 valence electrons. The van der Waals surface area contributed by atoms with E-state index in [2.05, 4.69) is 4.98 Å². The SMILES string of the molecule is Cc1csc(CC(=O)c2cccc(Cl)c2F)n1. The summed E-state index contributed by atoms with van der Waals surface area (Å²) in [6.07, 6.45) is 0.107. The average Bonchev–Trinajstić information content (AvgIpc) is 2.68. The molecule has 0 aliphatic rings. The highest BCUT2D eigenvalue weighted by Gasteiger charge is 2.15. The molecular formula is C12H9ClFNOS. The van der Waals surface area contributed by atoms with Gasteiger partial charge in [0, 0.05) is 11.1 Å². The Labute approximate surface area is 107 Å². The summed E-state index contributed by atoms with van der Waals surface area (Å²) >= 11 is 7.02. The van der Waals surface area contributed by atoms with Crippen LogP contribution in [0.2, 0.25) is 5.02 Å². The van der Waals surface area contributed by atoms with Gasteiger partial charge in [-0.25, -0.2) is 9.37 Å². The molecule has 0 radical (unpaired) electrons. The molecule has 1 aromatic heterocycles. The number of thiazole rings is 1. The third-order valence-corrected chi connectivity index (χ3v) is 3.49. The molecule has 5 heteroatoms. The van der Waals surface area contributed by atoms with Crippen LogP contribution in [0.1, 0.15) is 21.1 Å². The zero-order chi connectivity index (χ0) is 12.4. The van der Waals surface area contributed by atoms with Crippen molar-refractivity contribution in [2.75, 3.05) is 0 Å². The molecule has 2 rings (SSSR count). The summed E-state index contributed by atoms with van der Waals surface area (Å²) in [7, 11) is 0. The van der Waals surface area contributed by atoms with Crippen LogP contribution in [-0.2, 0) is 6.42 Å².